The van der Waals surface area contributed by atoms with Crippen LogP contribution in [0, 0.1) is 0 Å². The summed E-state index contributed by atoms with van der Waals surface area (Å²) in [5.41, 5.74) is 3.70. The second-order valence-corrected chi connectivity index (χ2v) is 7.00. The third-order valence-corrected chi connectivity index (χ3v) is 5.39. The topological polar surface area (TPSA) is 80.5 Å². The van der Waals surface area contributed by atoms with E-state index in [1.807, 2.05) is 11.5 Å². The average Bonchev–Trinajstić information content (AvgIpc) is 3.11. The number of carbonyl (C=O) groups is 1. The number of aryl methyl sites for hydroxylation is 1. The molecule has 3 heterocycles. The summed E-state index contributed by atoms with van der Waals surface area (Å²) in [6.45, 7) is 8.43. The number of aromatic nitrogens is 3. The Morgan fingerprint density at radius 2 is 1.96 bits per heavy atom. The molecule has 1 atom stereocenters. The predicted molar refractivity (Wildman–Crippen MR) is 106 cm³/mol. The third-order valence-electron chi connectivity index (χ3n) is 5.39. The van der Waals surface area contributed by atoms with E-state index in [0.29, 0.717) is 23.8 Å². The highest BCUT2D eigenvalue weighted by Gasteiger charge is 2.19. The summed E-state index contributed by atoms with van der Waals surface area (Å²) < 4.78 is 7.46. The summed E-state index contributed by atoms with van der Waals surface area (Å²) in [7, 11) is 0. The fourth-order valence-electron chi connectivity index (χ4n) is 3.73. The maximum Gasteiger partial charge on any atom is 0.337 e. The molecule has 1 aliphatic rings. The number of pyridine rings is 1. The summed E-state index contributed by atoms with van der Waals surface area (Å²) in [6, 6.07) is 10.4. The van der Waals surface area contributed by atoms with Crippen molar-refractivity contribution in [2.24, 2.45) is 0 Å². The molecule has 0 saturated carbocycles. The molecule has 0 aliphatic carbocycles. The minimum atomic E-state index is -0.997. The van der Waals surface area contributed by atoms with Gasteiger partial charge in [-0.05, 0) is 25.5 Å². The van der Waals surface area contributed by atoms with Crippen molar-refractivity contribution in [3.05, 3.63) is 47.7 Å². The molecule has 0 amide bonds. The Morgan fingerprint density at radius 3 is 2.61 bits per heavy atom. The van der Waals surface area contributed by atoms with Crippen LogP contribution in [0.1, 0.15) is 35.8 Å². The SMILES string of the molecule is CCn1c(-c2ccc([C@H](C)N3CCOCC3)cc2)nc2cc(C(=O)O)cnc21. The third kappa shape index (κ3) is 3.39. The van der Waals surface area contributed by atoms with E-state index in [1.54, 1.807) is 6.07 Å². The van der Waals surface area contributed by atoms with E-state index in [4.69, 9.17) is 4.74 Å². The second kappa shape index (κ2) is 7.69. The molecule has 146 valence electrons. The number of benzene rings is 1. The Kier molecular flexibility index (Phi) is 5.11. The summed E-state index contributed by atoms with van der Waals surface area (Å²) in [5, 5.41) is 9.20. The smallest absolute Gasteiger partial charge is 0.337 e. The minimum absolute atomic E-state index is 0.148. The van der Waals surface area contributed by atoms with Crippen LogP contribution in [0.15, 0.2) is 36.5 Å². The molecule has 7 heteroatoms. The zero-order chi connectivity index (χ0) is 19.7. The van der Waals surface area contributed by atoms with Crippen LogP contribution in [0.2, 0.25) is 0 Å². The fraction of sp³-hybridized carbons (Fsp3) is 0.381. The first-order valence-electron chi connectivity index (χ1n) is 9.60. The van der Waals surface area contributed by atoms with E-state index in [0.717, 1.165) is 37.7 Å². The molecular formula is C21H24N4O3. The summed E-state index contributed by atoms with van der Waals surface area (Å²) in [5.74, 6) is -0.193. The van der Waals surface area contributed by atoms with Crippen LogP contribution in [0.5, 0.6) is 0 Å². The zero-order valence-corrected chi connectivity index (χ0v) is 16.1. The van der Waals surface area contributed by atoms with Gasteiger partial charge >= 0.3 is 5.97 Å². The van der Waals surface area contributed by atoms with Gasteiger partial charge in [0.2, 0.25) is 0 Å². The van der Waals surface area contributed by atoms with Crippen LogP contribution in [0.3, 0.4) is 0 Å². The molecule has 2 aromatic heterocycles. The molecule has 1 fully saturated rings. The van der Waals surface area contributed by atoms with Crippen molar-refractivity contribution in [1.82, 2.24) is 19.4 Å². The number of morpholine rings is 1. The highest BCUT2D eigenvalue weighted by Crippen LogP contribution is 2.27. The molecule has 0 bridgehead atoms. The highest BCUT2D eigenvalue weighted by molar-refractivity contribution is 5.91. The normalized spacial score (nSPS) is 16.4. The van der Waals surface area contributed by atoms with E-state index in [2.05, 4.69) is 46.1 Å². The van der Waals surface area contributed by atoms with E-state index in [-0.39, 0.29) is 5.56 Å². The van der Waals surface area contributed by atoms with Gasteiger partial charge in [0.25, 0.3) is 0 Å². The number of aromatic carboxylic acids is 1. The summed E-state index contributed by atoms with van der Waals surface area (Å²) in [6.07, 6.45) is 1.38. The lowest BCUT2D eigenvalue weighted by atomic mass is 10.0. The molecule has 4 rings (SSSR count). The van der Waals surface area contributed by atoms with Gasteiger partial charge in [0, 0.05) is 37.4 Å². The fourth-order valence-corrected chi connectivity index (χ4v) is 3.73. The Hall–Kier alpha value is -2.77. The van der Waals surface area contributed by atoms with Gasteiger partial charge in [-0.2, -0.15) is 0 Å². The zero-order valence-electron chi connectivity index (χ0n) is 16.1. The van der Waals surface area contributed by atoms with Crippen molar-refractivity contribution in [3.8, 4) is 11.4 Å². The molecule has 0 unspecified atom stereocenters. The lowest BCUT2D eigenvalue weighted by Gasteiger charge is -2.32. The number of ether oxygens (including phenoxy) is 1. The summed E-state index contributed by atoms with van der Waals surface area (Å²) in [4.78, 5) is 22.6. The van der Waals surface area contributed by atoms with E-state index in [9.17, 15) is 9.90 Å². The van der Waals surface area contributed by atoms with Crippen molar-refractivity contribution >= 4 is 17.1 Å². The number of fused-ring (bicyclic) bond motifs is 1. The van der Waals surface area contributed by atoms with Crippen molar-refractivity contribution in [3.63, 3.8) is 0 Å². The van der Waals surface area contributed by atoms with Crippen LogP contribution >= 0.6 is 0 Å². The molecule has 1 aromatic carbocycles. The largest absolute Gasteiger partial charge is 0.478 e. The number of carboxylic acids is 1. The molecular weight excluding hydrogens is 356 g/mol. The molecule has 0 spiro atoms. The molecule has 3 aromatic rings. The molecule has 1 aliphatic heterocycles. The Morgan fingerprint density at radius 1 is 1.25 bits per heavy atom. The van der Waals surface area contributed by atoms with Gasteiger partial charge in [-0.3, -0.25) is 4.90 Å². The molecule has 7 nitrogen and oxygen atoms in total. The van der Waals surface area contributed by atoms with Gasteiger partial charge in [-0.25, -0.2) is 14.8 Å². The second-order valence-electron chi connectivity index (χ2n) is 7.00. The minimum Gasteiger partial charge on any atom is -0.478 e. The maximum absolute atomic E-state index is 11.2. The molecule has 0 radical (unpaired) electrons. The van der Waals surface area contributed by atoms with Crippen LogP contribution in [-0.2, 0) is 11.3 Å². The average molecular weight is 380 g/mol. The van der Waals surface area contributed by atoms with Crippen molar-refractivity contribution in [2.45, 2.75) is 26.4 Å². The van der Waals surface area contributed by atoms with Gasteiger partial charge in [-0.15, -0.1) is 0 Å². The van der Waals surface area contributed by atoms with E-state index in [1.165, 1.54) is 11.8 Å². The van der Waals surface area contributed by atoms with Crippen LogP contribution in [-0.4, -0.2) is 56.8 Å². The first kappa shape index (κ1) is 18.6. The number of carboxylic acid groups (broad SMARTS) is 1. The molecule has 1 saturated heterocycles. The predicted octanol–water partition coefficient (Wildman–Crippen LogP) is 3.21. The lowest BCUT2D eigenvalue weighted by molar-refractivity contribution is 0.0198. The van der Waals surface area contributed by atoms with Gasteiger partial charge in [0.1, 0.15) is 11.3 Å². The molecule has 28 heavy (non-hydrogen) atoms. The maximum atomic E-state index is 11.2. The number of hydrogen-bond donors (Lipinski definition) is 1. The number of nitrogens with zero attached hydrogens (tertiary/aromatic N) is 4. The van der Waals surface area contributed by atoms with Crippen molar-refractivity contribution in [1.29, 1.82) is 0 Å². The number of hydrogen-bond acceptors (Lipinski definition) is 5. The van der Waals surface area contributed by atoms with Crippen LogP contribution < -0.4 is 0 Å². The highest BCUT2D eigenvalue weighted by atomic mass is 16.5. The van der Waals surface area contributed by atoms with Crippen LogP contribution in [0.25, 0.3) is 22.6 Å². The lowest BCUT2D eigenvalue weighted by Crippen LogP contribution is -2.37. The number of rotatable bonds is 5. The Labute approximate surface area is 163 Å². The van der Waals surface area contributed by atoms with Crippen LogP contribution in [0.4, 0.5) is 0 Å². The van der Waals surface area contributed by atoms with Gasteiger partial charge in [-0.1, -0.05) is 24.3 Å². The van der Waals surface area contributed by atoms with E-state index < -0.39 is 5.97 Å². The quantitative estimate of drug-likeness (QED) is 0.732. The Balaban J connectivity index is 1.66. The standard InChI is InChI=1S/C21H24N4O3/c1-3-25-19(23-18-12-17(21(26)27)13-22-20(18)25)16-6-4-15(5-7-16)14(2)24-8-10-28-11-9-24/h4-7,12-14H,3,8-11H2,1-2H3,(H,26,27)/t14-/m0/s1. The van der Waals surface area contributed by atoms with Gasteiger partial charge in [0.15, 0.2) is 5.65 Å². The monoisotopic (exact) mass is 380 g/mol. The Bertz CT molecular complexity index is 991. The first-order chi connectivity index (χ1) is 13.6. The van der Waals surface area contributed by atoms with Gasteiger partial charge in [0.05, 0.1) is 18.8 Å². The summed E-state index contributed by atoms with van der Waals surface area (Å²) >= 11 is 0. The first-order valence-corrected chi connectivity index (χ1v) is 9.60. The van der Waals surface area contributed by atoms with E-state index >= 15 is 0 Å². The molecule has 1 N–H and O–H groups in total. The number of imidazole rings is 1. The van der Waals surface area contributed by atoms with Crippen molar-refractivity contribution < 1.29 is 14.6 Å². The van der Waals surface area contributed by atoms with Gasteiger partial charge < -0.3 is 14.4 Å². The van der Waals surface area contributed by atoms with Crippen molar-refractivity contribution in [2.75, 3.05) is 26.3 Å².